The third-order valence-electron chi connectivity index (χ3n) is 3.48. The van der Waals surface area contributed by atoms with Crippen molar-refractivity contribution in [2.75, 3.05) is 24.2 Å². The van der Waals surface area contributed by atoms with Crippen LogP contribution >= 0.6 is 0 Å². The third-order valence-corrected chi connectivity index (χ3v) is 3.48. The quantitative estimate of drug-likeness (QED) is 0.854. The molecule has 1 saturated heterocycles. The Bertz CT molecular complexity index is 427. The van der Waals surface area contributed by atoms with E-state index in [9.17, 15) is 0 Å². The van der Waals surface area contributed by atoms with Crippen LogP contribution in [0.1, 0.15) is 38.1 Å². The number of nitrogens with two attached hydrogens (primary N) is 1. The summed E-state index contributed by atoms with van der Waals surface area (Å²) in [6.07, 6.45) is 3.00. The van der Waals surface area contributed by atoms with Crippen LogP contribution in [0, 0.1) is 6.92 Å². The average Bonchev–Trinajstić information content (AvgIpc) is 2.78. The highest BCUT2D eigenvalue weighted by molar-refractivity contribution is 5.54. The number of anilines is 2. The molecule has 0 aliphatic carbocycles. The lowest BCUT2D eigenvalue weighted by Crippen LogP contribution is -2.33. The lowest BCUT2D eigenvalue weighted by atomic mass is 10.0. The van der Waals surface area contributed by atoms with Crippen molar-refractivity contribution in [1.29, 1.82) is 0 Å². The van der Waals surface area contributed by atoms with Crippen molar-refractivity contribution in [3.8, 4) is 0 Å². The Morgan fingerprint density at radius 3 is 2.83 bits per heavy atom. The highest BCUT2D eigenvalue weighted by Gasteiger charge is 2.29. The molecule has 0 saturated carbocycles. The SMILES string of the molecule is CCc1nc(N)c(C)c(NCC2(C)CCCO2)n1. The lowest BCUT2D eigenvalue weighted by molar-refractivity contribution is 0.0314. The molecule has 2 heterocycles. The highest BCUT2D eigenvalue weighted by atomic mass is 16.5. The zero-order chi connectivity index (χ0) is 13.2. The summed E-state index contributed by atoms with van der Waals surface area (Å²) < 4.78 is 5.75. The van der Waals surface area contributed by atoms with Crippen molar-refractivity contribution >= 4 is 11.6 Å². The number of nitrogens with zero attached hydrogens (tertiary/aromatic N) is 2. The largest absolute Gasteiger partial charge is 0.383 e. The Hall–Kier alpha value is -1.36. The summed E-state index contributed by atoms with van der Waals surface area (Å²) >= 11 is 0. The second kappa shape index (κ2) is 5.10. The molecule has 5 nitrogen and oxygen atoms in total. The Balaban J connectivity index is 2.11. The van der Waals surface area contributed by atoms with Gasteiger partial charge in [0, 0.05) is 25.1 Å². The first kappa shape index (κ1) is 13.1. The molecule has 100 valence electrons. The van der Waals surface area contributed by atoms with Gasteiger partial charge in [-0.2, -0.15) is 0 Å². The fourth-order valence-electron chi connectivity index (χ4n) is 2.16. The molecule has 0 aromatic carbocycles. The molecule has 1 aliphatic heterocycles. The summed E-state index contributed by atoms with van der Waals surface area (Å²) in [5, 5.41) is 3.35. The molecular formula is C13H22N4O. The van der Waals surface area contributed by atoms with Crippen molar-refractivity contribution in [2.45, 2.75) is 45.6 Å². The molecule has 1 aromatic heterocycles. The molecule has 0 radical (unpaired) electrons. The monoisotopic (exact) mass is 250 g/mol. The Labute approximate surface area is 108 Å². The Morgan fingerprint density at radius 1 is 1.44 bits per heavy atom. The fourth-order valence-corrected chi connectivity index (χ4v) is 2.16. The molecule has 1 unspecified atom stereocenters. The normalized spacial score (nSPS) is 23.3. The minimum absolute atomic E-state index is 0.0848. The smallest absolute Gasteiger partial charge is 0.134 e. The van der Waals surface area contributed by atoms with Crippen molar-refractivity contribution in [3.63, 3.8) is 0 Å². The van der Waals surface area contributed by atoms with Gasteiger partial charge < -0.3 is 15.8 Å². The maximum absolute atomic E-state index is 5.89. The predicted molar refractivity (Wildman–Crippen MR) is 72.6 cm³/mol. The summed E-state index contributed by atoms with van der Waals surface area (Å²) in [6.45, 7) is 7.70. The number of rotatable bonds is 4. The van der Waals surface area contributed by atoms with Gasteiger partial charge in [-0.1, -0.05) is 6.92 Å². The molecule has 18 heavy (non-hydrogen) atoms. The van der Waals surface area contributed by atoms with Crippen LogP contribution in [0.15, 0.2) is 0 Å². The van der Waals surface area contributed by atoms with Crippen LogP contribution in [0.5, 0.6) is 0 Å². The van der Waals surface area contributed by atoms with E-state index in [1.807, 2.05) is 13.8 Å². The minimum Gasteiger partial charge on any atom is -0.383 e. The van der Waals surface area contributed by atoms with Gasteiger partial charge in [-0.15, -0.1) is 0 Å². The number of aromatic nitrogens is 2. The first-order chi connectivity index (χ1) is 8.54. The topological polar surface area (TPSA) is 73.1 Å². The fraction of sp³-hybridized carbons (Fsp3) is 0.692. The van der Waals surface area contributed by atoms with E-state index in [-0.39, 0.29) is 5.60 Å². The molecular weight excluding hydrogens is 228 g/mol. The van der Waals surface area contributed by atoms with E-state index in [1.54, 1.807) is 0 Å². The molecule has 0 bridgehead atoms. The Morgan fingerprint density at radius 2 is 2.22 bits per heavy atom. The molecule has 1 fully saturated rings. The van der Waals surface area contributed by atoms with Crippen LogP contribution in [0.3, 0.4) is 0 Å². The minimum atomic E-state index is -0.0848. The van der Waals surface area contributed by atoms with E-state index in [4.69, 9.17) is 10.5 Å². The van der Waals surface area contributed by atoms with Gasteiger partial charge in [-0.05, 0) is 26.7 Å². The van der Waals surface area contributed by atoms with Gasteiger partial charge in [-0.3, -0.25) is 0 Å². The van der Waals surface area contributed by atoms with E-state index in [0.717, 1.165) is 49.6 Å². The van der Waals surface area contributed by atoms with Gasteiger partial charge in [0.15, 0.2) is 0 Å². The van der Waals surface area contributed by atoms with Crippen LogP contribution in [0.2, 0.25) is 0 Å². The van der Waals surface area contributed by atoms with E-state index >= 15 is 0 Å². The van der Waals surface area contributed by atoms with Gasteiger partial charge in [-0.25, -0.2) is 9.97 Å². The number of nitrogen functional groups attached to an aromatic ring is 1. The van der Waals surface area contributed by atoms with Crippen molar-refractivity contribution in [2.24, 2.45) is 0 Å². The third kappa shape index (κ3) is 2.72. The number of aryl methyl sites for hydroxylation is 1. The van der Waals surface area contributed by atoms with E-state index in [1.165, 1.54) is 0 Å². The molecule has 0 amide bonds. The highest BCUT2D eigenvalue weighted by Crippen LogP contribution is 2.26. The molecule has 1 atom stereocenters. The summed E-state index contributed by atoms with van der Waals surface area (Å²) in [5.41, 5.74) is 6.72. The van der Waals surface area contributed by atoms with Crippen LogP contribution < -0.4 is 11.1 Å². The standard InChI is InChI=1S/C13H22N4O/c1-4-10-16-11(14)9(2)12(17-10)15-8-13(3)6-5-7-18-13/h4-8H2,1-3H3,(H3,14,15,16,17). The average molecular weight is 250 g/mol. The molecule has 5 heteroatoms. The maximum Gasteiger partial charge on any atom is 0.134 e. The predicted octanol–water partition coefficient (Wildman–Crippen LogP) is 1.91. The number of hydrogen-bond donors (Lipinski definition) is 2. The summed E-state index contributed by atoms with van der Waals surface area (Å²) in [4.78, 5) is 8.73. The van der Waals surface area contributed by atoms with Crippen molar-refractivity contribution in [3.05, 3.63) is 11.4 Å². The van der Waals surface area contributed by atoms with Crippen LogP contribution in [-0.2, 0) is 11.2 Å². The van der Waals surface area contributed by atoms with E-state index in [0.29, 0.717) is 5.82 Å². The van der Waals surface area contributed by atoms with Crippen LogP contribution in [-0.4, -0.2) is 28.7 Å². The maximum atomic E-state index is 5.89. The van der Waals surface area contributed by atoms with Crippen molar-refractivity contribution < 1.29 is 4.74 Å². The number of nitrogens with one attached hydrogen (secondary N) is 1. The molecule has 3 N–H and O–H groups in total. The second-order valence-electron chi connectivity index (χ2n) is 5.11. The second-order valence-corrected chi connectivity index (χ2v) is 5.11. The number of hydrogen-bond acceptors (Lipinski definition) is 5. The zero-order valence-electron chi connectivity index (χ0n) is 11.4. The summed E-state index contributed by atoms with van der Waals surface area (Å²) in [5.74, 6) is 2.16. The summed E-state index contributed by atoms with van der Waals surface area (Å²) in [6, 6.07) is 0. The zero-order valence-corrected chi connectivity index (χ0v) is 11.4. The molecule has 2 rings (SSSR count). The molecule has 1 aromatic rings. The van der Waals surface area contributed by atoms with Gasteiger partial charge >= 0.3 is 0 Å². The number of ether oxygens (including phenoxy) is 1. The summed E-state index contributed by atoms with van der Waals surface area (Å²) in [7, 11) is 0. The van der Waals surface area contributed by atoms with Crippen LogP contribution in [0.4, 0.5) is 11.6 Å². The van der Waals surface area contributed by atoms with E-state index < -0.39 is 0 Å². The van der Waals surface area contributed by atoms with Gasteiger partial charge in [0.25, 0.3) is 0 Å². The Kier molecular flexibility index (Phi) is 3.71. The molecule has 1 aliphatic rings. The molecule has 0 spiro atoms. The first-order valence-electron chi connectivity index (χ1n) is 6.55. The van der Waals surface area contributed by atoms with E-state index in [2.05, 4.69) is 22.2 Å². The van der Waals surface area contributed by atoms with Gasteiger partial charge in [0.2, 0.25) is 0 Å². The van der Waals surface area contributed by atoms with Crippen molar-refractivity contribution in [1.82, 2.24) is 9.97 Å². The van der Waals surface area contributed by atoms with Crippen LogP contribution in [0.25, 0.3) is 0 Å². The first-order valence-corrected chi connectivity index (χ1v) is 6.55. The van der Waals surface area contributed by atoms with Gasteiger partial charge in [0.1, 0.15) is 17.5 Å². The lowest BCUT2D eigenvalue weighted by Gasteiger charge is -2.24. The van der Waals surface area contributed by atoms with Gasteiger partial charge in [0.05, 0.1) is 5.60 Å².